The molecule has 0 N–H and O–H groups in total. The molecule has 0 amide bonds. The van der Waals surface area contributed by atoms with E-state index in [4.69, 9.17) is 0 Å². The molecule has 13 heavy (non-hydrogen) atoms. The van der Waals surface area contributed by atoms with Crippen molar-refractivity contribution >= 4 is 11.3 Å². The standard InChI is InChI=1S/C9H11N3S/c1-2-9-11-3-4-12(9)6-8-5-10-7-13-8/h3-5,7H,2,6H2,1H3. The van der Waals surface area contributed by atoms with Crippen molar-refractivity contribution in [3.8, 4) is 0 Å². The predicted octanol–water partition coefficient (Wildman–Crippen LogP) is 1.95. The van der Waals surface area contributed by atoms with Gasteiger partial charge in [0.1, 0.15) is 5.82 Å². The first-order chi connectivity index (χ1) is 6.40. The molecule has 2 aromatic rings. The van der Waals surface area contributed by atoms with Gasteiger partial charge in [0.2, 0.25) is 0 Å². The topological polar surface area (TPSA) is 30.7 Å². The number of aryl methyl sites for hydroxylation is 1. The number of hydrogen-bond donors (Lipinski definition) is 0. The zero-order valence-corrected chi connectivity index (χ0v) is 8.29. The molecule has 0 saturated heterocycles. The first-order valence-corrected chi connectivity index (χ1v) is 5.15. The zero-order valence-electron chi connectivity index (χ0n) is 7.47. The first kappa shape index (κ1) is 8.44. The third-order valence-electron chi connectivity index (χ3n) is 1.93. The number of hydrogen-bond acceptors (Lipinski definition) is 3. The molecule has 0 saturated carbocycles. The van der Waals surface area contributed by atoms with Crippen LogP contribution in [0.3, 0.4) is 0 Å². The Morgan fingerprint density at radius 1 is 1.54 bits per heavy atom. The Hall–Kier alpha value is -1.16. The van der Waals surface area contributed by atoms with Crippen LogP contribution in [0.25, 0.3) is 0 Å². The minimum Gasteiger partial charge on any atom is -0.330 e. The summed E-state index contributed by atoms with van der Waals surface area (Å²) in [6.07, 6.45) is 6.74. The lowest BCUT2D eigenvalue weighted by molar-refractivity contribution is 0.739. The molecule has 2 rings (SSSR count). The fourth-order valence-corrected chi connectivity index (χ4v) is 1.88. The third-order valence-corrected chi connectivity index (χ3v) is 2.69. The van der Waals surface area contributed by atoms with E-state index in [1.165, 1.54) is 4.88 Å². The van der Waals surface area contributed by atoms with Gasteiger partial charge in [-0.05, 0) is 0 Å². The van der Waals surface area contributed by atoms with Crippen molar-refractivity contribution in [1.82, 2.24) is 14.5 Å². The Bertz CT molecular complexity index is 364. The van der Waals surface area contributed by atoms with Crippen molar-refractivity contribution in [2.45, 2.75) is 19.9 Å². The predicted molar refractivity (Wildman–Crippen MR) is 52.8 cm³/mol. The molecule has 3 nitrogen and oxygen atoms in total. The van der Waals surface area contributed by atoms with E-state index in [-0.39, 0.29) is 0 Å². The molecule has 0 radical (unpaired) electrons. The Morgan fingerprint density at radius 3 is 3.15 bits per heavy atom. The van der Waals surface area contributed by atoms with Gasteiger partial charge in [0.25, 0.3) is 0 Å². The van der Waals surface area contributed by atoms with Gasteiger partial charge in [0.05, 0.1) is 12.1 Å². The fraction of sp³-hybridized carbons (Fsp3) is 0.333. The molecule has 0 spiro atoms. The molecular weight excluding hydrogens is 182 g/mol. The number of rotatable bonds is 3. The summed E-state index contributed by atoms with van der Waals surface area (Å²) < 4.78 is 2.16. The number of thiazole rings is 1. The van der Waals surface area contributed by atoms with E-state index in [9.17, 15) is 0 Å². The average molecular weight is 193 g/mol. The van der Waals surface area contributed by atoms with E-state index >= 15 is 0 Å². The van der Waals surface area contributed by atoms with Crippen LogP contribution in [0, 0.1) is 0 Å². The molecule has 2 heterocycles. The molecular formula is C9H11N3S. The zero-order chi connectivity index (χ0) is 9.10. The second kappa shape index (κ2) is 3.70. The summed E-state index contributed by atoms with van der Waals surface area (Å²) >= 11 is 1.68. The van der Waals surface area contributed by atoms with Crippen LogP contribution in [0.2, 0.25) is 0 Å². The number of aromatic nitrogens is 3. The van der Waals surface area contributed by atoms with Gasteiger partial charge >= 0.3 is 0 Å². The molecule has 0 atom stereocenters. The maximum atomic E-state index is 4.26. The fourth-order valence-electron chi connectivity index (χ4n) is 1.29. The highest BCUT2D eigenvalue weighted by Crippen LogP contribution is 2.09. The van der Waals surface area contributed by atoms with Gasteiger partial charge in [0.15, 0.2) is 0 Å². The monoisotopic (exact) mass is 193 g/mol. The van der Waals surface area contributed by atoms with Gasteiger partial charge < -0.3 is 4.57 Å². The van der Waals surface area contributed by atoms with Gasteiger partial charge in [-0.1, -0.05) is 6.92 Å². The van der Waals surface area contributed by atoms with E-state index in [2.05, 4.69) is 21.5 Å². The second-order valence-electron chi connectivity index (χ2n) is 2.79. The molecule has 0 aliphatic rings. The molecule has 4 heteroatoms. The summed E-state index contributed by atoms with van der Waals surface area (Å²) in [5, 5.41) is 0. The minimum absolute atomic E-state index is 0.897. The van der Waals surface area contributed by atoms with Gasteiger partial charge in [-0.25, -0.2) is 4.98 Å². The van der Waals surface area contributed by atoms with E-state index in [1.807, 2.05) is 24.1 Å². The van der Waals surface area contributed by atoms with Crippen LogP contribution in [-0.2, 0) is 13.0 Å². The molecule has 0 bridgehead atoms. The van der Waals surface area contributed by atoms with Crippen molar-refractivity contribution in [2.75, 3.05) is 0 Å². The van der Waals surface area contributed by atoms with Crippen LogP contribution in [0.5, 0.6) is 0 Å². The van der Waals surface area contributed by atoms with Gasteiger partial charge in [-0.2, -0.15) is 0 Å². The van der Waals surface area contributed by atoms with Crippen molar-refractivity contribution in [3.05, 3.63) is 34.8 Å². The van der Waals surface area contributed by atoms with Gasteiger partial charge in [0, 0.05) is 29.9 Å². The van der Waals surface area contributed by atoms with E-state index in [0.29, 0.717) is 0 Å². The van der Waals surface area contributed by atoms with Crippen molar-refractivity contribution in [3.63, 3.8) is 0 Å². The molecule has 68 valence electrons. The highest BCUT2D eigenvalue weighted by Gasteiger charge is 2.01. The van der Waals surface area contributed by atoms with E-state index < -0.39 is 0 Å². The van der Waals surface area contributed by atoms with Crippen LogP contribution >= 0.6 is 11.3 Å². The molecule has 0 unspecified atom stereocenters. The van der Waals surface area contributed by atoms with Crippen LogP contribution < -0.4 is 0 Å². The average Bonchev–Trinajstić information content (AvgIpc) is 2.76. The molecule has 2 aromatic heterocycles. The molecule has 0 aromatic carbocycles. The lowest BCUT2D eigenvalue weighted by Gasteiger charge is -2.02. The molecule has 0 fully saturated rings. The van der Waals surface area contributed by atoms with Gasteiger partial charge in [-0.3, -0.25) is 4.98 Å². The molecule has 0 aliphatic carbocycles. The van der Waals surface area contributed by atoms with Crippen molar-refractivity contribution in [1.29, 1.82) is 0 Å². The highest BCUT2D eigenvalue weighted by atomic mass is 32.1. The Balaban J connectivity index is 2.18. The summed E-state index contributed by atoms with van der Waals surface area (Å²) in [6, 6.07) is 0. The summed E-state index contributed by atoms with van der Waals surface area (Å²) in [4.78, 5) is 9.58. The van der Waals surface area contributed by atoms with Crippen molar-refractivity contribution in [2.24, 2.45) is 0 Å². The normalized spacial score (nSPS) is 10.5. The summed E-state index contributed by atoms with van der Waals surface area (Å²) in [7, 11) is 0. The summed E-state index contributed by atoms with van der Waals surface area (Å²) in [5.74, 6) is 1.13. The largest absolute Gasteiger partial charge is 0.330 e. The van der Waals surface area contributed by atoms with E-state index in [1.54, 1.807) is 11.3 Å². The SMILES string of the molecule is CCc1nccn1Cc1cncs1. The third kappa shape index (κ3) is 1.78. The lowest BCUT2D eigenvalue weighted by atomic mass is 10.4. The van der Waals surface area contributed by atoms with Crippen LogP contribution in [-0.4, -0.2) is 14.5 Å². The van der Waals surface area contributed by atoms with Crippen LogP contribution in [0.15, 0.2) is 24.1 Å². The smallest absolute Gasteiger partial charge is 0.108 e. The molecule has 0 aliphatic heterocycles. The summed E-state index contributed by atoms with van der Waals surface area (Å²) in [5.41, 5.74) is 1.86. The second-order valence-corrected chi connectivity index (χ2v) is 3.76. The highest BCUT2D eigenvalue weighted by molar-refractivity contribution is 7.09. The van der Waals surface area contributed by atoms with Crippen molar-refractivity contribution < 1.29 is 0 Å². The minimum atomic E-state index is 0.897. The Labute approximate surface area is 81.1 Å². The Morgan fingerprint density at radius 2 is 2.46 bits per heavy atom. The Kier molecular flexibility index (Phi) is 2.40. The maximum Gasteiger partial charge on any atom is 0.108 e. The lowest BCUT2D eigenvalue weighted by Crippen LogP contribution is -2.01. The first-order valence-electron chi connectivity index (χ1n) is 4.27. The summed E-state index contributed by atoms with van der Waals surface area (Å²) in [6.45, 7) is 3.01. The van der Waals surface area contributed by atoms with E-state index in [0.717, 1.165) is 18.8 Å². The number of nitrogens with zero attached hydrogens (tertiary/aromatic N) is 3. The maximum absolute atomic E-state index is 4.26. The number of imidazole rings is 1. The van der Waals surface area contributed by atoms with Crippen LogP contribution in [0.1, 0.15) is 17.6 Å². The quantitative estimate of drug-likeness (QED) is 0.746. The van der Waals surface area contributed by atoms with Crippen LogP contribution in [0.4, 0.5) is 0 Å². The van der Waals surface area contributed by atoms with Gasteiger partial charge in [-0.15, -0.1) is 11.3 Å².